The smallest absolute Gasteiger partial charge is 0.137 e. The van der Waals surface area contributed by atoms with Crippen molar-refractivity contribution in [2.75, 3.05) is 14.2 Å². The van der Waals surface area contributed by atoms with Gasteiger partial charge < -0.3 is 10.1 Å². The lowest BCUT2D eigenvalue weighted by atomic mass is 10.0. The Morgan fingerprint density at radius 3 is 2.78 bits per heavy atom. The Morgan fingerprint density at radius 2 is 2.06 bits per heavy atom. The molecule has 0 aliphatic carbocycles. The SMILES string of the molecule is CNCc1cc(-c2cncc(OC)c2)ccc1F. The molecule has 1 heterocycles. The number of benzene rings is 1. The Morgan fingerprint density at radius 1 is 1.22 bits per heavy atom. The number of pyridine rings is 1. The molecule has 0 amide bonds. The van der Waals surface area contributed by atoms with Crippen LogP contribution in [0, 0.1) is 5.82 Å². The summed E-state index contributed by atoms with van der Waals surface area (Å²) in [6.07, 6.45) is 3.38. The van der Waals surface area contributed by atoms with E-state index in [4.69, 9.17) is 4.74 Å². The van der Waals surface area contributed by atoms with E-state index in [2.05, 4.69) is 10.3 Å². The van der Waals surface area contributed by atoms with E-state index < -0.39 is 0 Å². The molecule has 0 unspecified atom stereocenters. The van der Waals surface area contributed by atoms with Crippen LogP contribution in [0.15, 0.2) is 36.7 Å². The van der Waals surface area contributed by atoms with E-state index in [0.29, 0.717) is 17.9 Å². The zero-order valence-corrected chi connectivity index (χ0v) is 10.4. The maximum atomic E-state index is 13.5. The van der Waals surface area contributed by atoms with Gasteiger partial charge in [0.1, 0.15) is 11.6 Å². The summed E-state index contributed by atoms with van der Waals surface area (Å²) in [5.74, 6) is 0.482. The van der Waals surface area contributed by atoms with Gasteiger partial charge in [-0.15, -0.1) is 0 Å². The molecule has 18 heavy (non-hydrogen) atoms. The molecule has 4 heteroatoms. The summed E-state index contributed by atoms with van der Waals surface area (Å²) in [6.45, 7) is 0.497. The fourth-order valence-electron chi connectivity index (χ4n) is 1.77. The van der Waals surface area contributed by atoms with Crippen LogP contribution in [-0.2, 0) is 6.54 Å². The molecule has 2 aromatic rings. The molecule has 0 aliphatic heterocycles. The quantitative estimate of drug-likeness (QED) is 0.900. The molecular formula is C14H15FN2O. The van der Waals surface area contributed by atoms with Gasteiger partial charge in [-0.25, -0.2) is 4.39 Å². The molecule has 1 aromatic heterocycles. The minimum absolute atomic E-state index is 0.205. The molecule has 0 bridgehead atoms. The topological polar surface area (TPSA) is 34.2 Å². The van der Waals surface area contributed by atoms with Crippen LogP contribution in [0.4, 0.5) is 4.39 Å². The van der Waals surface area contributed by atoms with Gasteiger partial charge >= 0.3 is 0 Å². The highest BCUT2D eigenvalue weighted by Crippen LogP contribution is 2.24. The monoisotopic (exact) mass is 246 g/mol. The fourth-order valence-corrected chi connectivity index (χ4v) is 1.77. The Hall–Kier alpha value is -1.94. The molecule has 3 nitrogen and oxygen atoms in total. The summed E-state index contributed by atoms with van der Waals surface area (Å²) in [7, 11) is 3.39. The second kappa shape index (κ2) is 5.60. The van der Waals surface area contributed by atoms with Crippen LogP contribution in [0.3, 0.4) is 0 Å². The van der Waals surface area contributed by atoms with E-state index in [0.717, 1.165) is 11.1 Å². The number of methoxy groups -OCH3 is 1. The third-order valence-electron chi connectivity index (χ3n) is 2.70. The average Bonchev–Trinajstić information content (AvgIpc) is 2.41. The number of rotatable bonds is 4. The van der Waals surface area contributed by atoms with Crippen LogP contribution < -0.4 is 10.1 Å². The summed E-state index contributed by atoms with van der Waals surface area (Å²) in [5, 5.41) is 2.95. The van der Waals surface area contributed by atoms with Crippen molar-refractivity contribution in [3.63, 3.8) is 0 Å². The number of ether oxygens (including phenoxy) is 1. The van der Waals surface area contributed by atoms with Crippen molar-refractivity contribution in [3.05, 3.63) is 48.0 Å². The zero-order valence-electron chi connectivity index (χ0n) is 10.4. The Kier molecular flexibility index (Phi) is 3.89. The van der Waals surface area contributed by atoms with Crippen molar-refractivity contribution in [1.82, 2.24) is 10.3 Å². The van der Waals surface area contributed by atoms with E-state index in [1.807, 2.05) is 12.1 Å². The Balaban J connectivity index is 2.40. The number of nitrogens with zero attached hydrogens (tertiary/aromatic N) is 1. The van der Waals surface area contributed by atoms with Gasteiger partial charge in [0.15, 0.2) is 0 Å². The molecule has 0 aliphatic rings. The van der Waals surface area contributed by atoms with Gasteiger partial charge in [-0.1, -0.05) is 6.07 Å². The third-order valence-corrected chi connectivity index (χ3v) is 2.70. The molecule has 0 atom stereocenters. The van der Waals surface area contributed by atoms with Gasteiger partial charge in [0.25, 0.3) is 0 Å². The minimum Gasteiger partial charge on any atom is -0.495 e. The summed E-state index contributed by atoms with van der Waals surface area (Å²) in [5.41, 5.74) is 2.47. The lowest BCUT2D eigenvalue weighted by molar-refractivity contribution is 0.413. The van der Waals surface area contributed by atoms with Crippen LogP contribution in [0.2, 0.25) is 0 Å². The summed E-state index contributed by atoms with van der Waals surface area (Å²) in [6, 6.07) is 6.91. The first-order valence-electron chi connectivity index (χ1n) is 5.67. The lowest BCUT2D eigenvalue weighted by Crippen LogP contribution is -2.07. The van der Waals surface area contributed by atoms with Gasteiger partial charge in [0.05, 0.1) is 13.3 Å². The predicted molar refractivity (Wildman–Crippen MR) is 68.9 cm³/mol. The minimum atomic E-state index is -0.205. The molecule has 1 N–H and O–H groups in total. The van der Waals surface area contributed by atoms with Crippen molar-refractivity contribution in [3.8, 4) is 16.9 Å². The van der Waals surface area contributed by atoms with Crippen LogP contribution >= 0.6 is 0 Å². The Labute approximate surface area is 106 Å². The van der Waals surface area contributed by atoms with Gasteiger partial charge in [0, 0.05) is 23.9 Å². The van der Waals surface area contributed by atoms with Gasteiger partial charge in [-0.2, -0.15) is 0 Å². The largest absolute Gasteiger partial charge is 0.495 e. The average molecular weight is 246 g/mol. The normalized spacial score (nSPS) is 10.4. The van der Waals surface area contributed by atoms with Crippen molar-refractivity contribution in [1.29, 1.82) is 0 Å². The highest BCUT2D eigenvalue weighted by molar-refractivity contribution is 5.64. The zero-order chi connectivity index (χ0) is 13.0. The van der Waals surface area contributed by atoms with Gasteiger partial charge in [-0.3, -0.25) is 4.98 Å². The van der Waals surface area contributed by atoms with Crippen LogP contribution in [0.5, 0.6) is 5.75 Å². The second-order valence-electron chi connectivity index (χ2n) is 3.95. The molecule has 0 saturated carbocycles. The first-order chi connectivity index (χ1) is 8.74. The van der Waals surface area contributed by atoms with Crippen LogP contribution in [-0.4, -0.2) is 19.1 Å². The first-order valence-corrected chi connectivity index (χ1v) is 5.67. The van der Waals surface area contributed by atoms with Crippen molar-refractivity contribution in [2.45, 2.75) is 6.54 Å². The molecule has 0 fully saturated rings. The number of hydrogen-bond acceptors (Lipinski definition) is 3. The number of hydrogen-bond donors (Lipinski definition) is 1. The van der Waals surface area contributed by atoms with Crippen molar-refractivity contribution in [2.24, 2.45) is 0 Å². The van der Waals surface area contributed by atoms with Crippen LogP contribution in [0.1, 0.15) is 5.56 Å². The molecular weight excluding hydrogens is 231 g/mol. The Bertz CT molecular complexity index is 543. The summed E-state index contributed by atoms with van der Waals surface area (Å²) in [4.78, 5) is 4.10. The van der Waals surface area contributed by atoms with E-state index >= 15 is 0 Å². The van der Waals surface area contributed by atoms with Gasteiger partial charge in [0.2, 0.25) is 0 Å². The maximum Gasteiger partial charge on any atom is 0.137 e. The second-order valence-corrected chi connectivity index (χ2v) is 3.95. The molecule has 0 saturated heterocycles. The van der Waals surface area contributed by atoms with Gasteiger partial charge in [-0.05, 0) is 30.8 Å². The highest BCUT2D eigenvalue weighted by atomic mass is 19.1. The number of aromatic nitrogens is 1. The molecule has 94 valence electrons. The van der Waals surface area contributed by atoms with E-state index in [9.17, 15) is 4.39 Å². The van der Waals surface area contributed by atoms with E-state index in [-0.39, 0.29) is 5.82 Å². The van der Waals surface area contributed by atoms with E-state index in [1.54, 1.807) is 32.6 Å². The summed E-state index contributed by atoms with van der Waals surface area (Å²) >= 11 is 0. The maximum absolute atomic E-state index is 13.5. The van der Waals surface area contributed by atoms with Crippen molar-refractivity contribution < 1.29 is 9.13 Å². The molecule has 1 aromatic carbocycles. The molecule has 0 spiro atoms. The third kappa shape index (κ3) is 2.65. The first kappa shape index (κ1) is 12.5. The van der Waals surface area contributed by atoms with Crippen molar-refractivity contribution >= 4 is 0 Å². The standard InChI is InChI=1S/C14H15FN2O/c1-16-7-12-5-10(3-4-14(12)15)11-6-13(18-2)9-17-8-11/h3-6,8-9,16H,7H2,1-2H3. The van der Waals surface area contributed by atoms with E-state index in [1.165, 1.54) is 6.07 Å². The molecule has 2 rings (SSSR count). The lowest BCUT2D eigenvalue weighted by Gasteiger charge is -2.07. The van der Waals surface area contributed by atoms with Crippen LogP contribution in [0.25, 0.3) is 11.1 Å². The highest BCUT2D eigenvalue weighted by Gasteiger charge is 2.05. The summed E-state index contributed by atoms with van der Waals surface area (Å²) < 4.78 is 18.7. The predicted octanol–water partition coefficient (Wildman–Crippen LogP) is 2.62. The molecule has 0 radical (unpaired) electrons. The number of nitrogens with one attached hydrogen (secondary N) is 1. The fraction of sp³-hybridized carbons (Fsp3) is 0.214. The number of halogens is 1.